The number of hydrogen-bond acceptors (Lipinski definition) is 7. The number of hydrogen-bond donors (Lipinski definition) is 1. The lowest BCUT2D eigenvalue weighted by atomic mass is 10.1. The maximum Gasteiger partial charge on any atom is 0.361 e. The molecule has 0 spiro atoms. The van der Waals surface area contributed by atoms with Gasteiger partial charge in [-0.2, -0.15) is 0 Å². The van der Waals surface area contributed by atoms with Crippen molar-refractivity contribution in [2.45, 2.75) is 187 Å². The van der Waals surface area contributed by atoms with Crippen LogP contribution in [-0.2, 0) is 33.3 Å². The molecule has 0 fully saturated rings. The van der Waals surface area contributed by atoms with Gasteiger partial charge in [0.25, 0.3) is 6.29 Å². The minimum absolute atomic E-state index is 0.169. The fourth-order valence-corrected chi connectivity index (χ4v) is 6.32. The molecule has 66 heavy (non-hydrogen) atoms. The molecule has 0 bridgehead atoms. The van der Waals surface area contributed by atoms with Gasteiger partial charge in [-0.15, -0.1) is 0 Å². The molecule has 0 aromatic rings. The minimum atomic E-state index is -1.53. The zero-order valence-corrected chi connectivity index (χ0v) is 42.3. The minimum Gasteiger partial charge on any atom is -0.477 e. The number of likely N-dealkylation sites (N-methyl/N-ethyl adjacent to an activating group) is 1. The Morgan fingerprint density at radius 1 is 0.470 bits per heavy atom. The van der Waals surface area contributed by atoms with Gasteiger partial charge in [0.15, 0.2) is 6.10 Å². The first-order valence-corrected chi connectivity index (χ1v) is 25.6. The van der Waals surface area contributed by atoms with Gasteiger partial charge >= 0.3 is 17.9 Å². The number of rotatable bonds is 45. The number of unbranched alkanes of at least 4 members (excludes halogenated alkanes) is 12. The van der Waals surface area contributed by atoms with Crippen molar-refractivity contribution in [2.75, 3.05) is 47.5 Å². The second kappa shape index (κ2) is 47.4. The average Bonchev–Trinajstić information content (AvgIpc) is 3.28. The normalized spacial score (nSPS) is 13.8. The number of carboxylic acids is 1. The number of esters is 2. The number of carbonyl (C=O) groups excluding carboxylic acids is 2. The highest BCUT2D eigenvalue weighted by molar-refractivity contribution is 5.71. The van der Waals surface area contributed by atoms with E-state index >= 15 is 0 Å². The Labute approximate surface area is 403 Å². The second-order valence-corrected chi connectivity index (χ2v) is 17.7. The van der Waals surface area contributed by atoms with Gasteiger partial charge in [-0.1, -0.05) is 175 Å². The molecule has 0 aliphatic heterocycles. The van der Waals surface area contributed by atoms with Crippen molar-refractivity contribution < 1.29 is 42.9 Å². The van der Waals surface area contributed by atoms with E-state index in [9.17, 15) is 19.5 Å². The van der Waals surface area contributed by atoms with Crippen LogP contribution in [0.3, 0.4) is 0 Å². The van der Waals surface area contributed by atoms with Crippen LogP contribution in [0.15, 0.2) is 109 Å². The van der Waals surface area contributed by atoms with Crippen LogP contribution in [0, 0.1) is 0 Å². The van der Waals surface area contributed by atoms with Gasteiger partial charge in [0.2, 0.25) is 0 Å². The van der Waals surface area contributed by atoms with Gasteiger partial charge in [0.05, 0.1) is 34.4 Å². The quantitative estimate of drug-likeness (QED) is 0.0212. The van der Waals surface area contributed by atoms with Crippen molar-refractivity contribution in [1.82, 2.24) is 0 Å². The van der Waals surface area contributed by atoms with E-state index in [2.05, 4.69) is 123 Å². The van der Waals surface area contributed by atoms with Gasteiger partial charge in [-0.3, -0.25) is 9.59 Å². The van der Waals surface area contributed by atoms with E-state index in [1.165, 1.54) is 51.4 Å². The van der Waals surface area contributed by atoms with Crippen molar-refractivity contribution in [3.63, 3.8) is 0 Å². The average molecular weight is 921 g/mol. The van der Waals surface area contributed by atoms with Gasteiger partial charge in [-0.05, 0) is 96.3 Å². The Morgan fingerprint density at radius 3 is 1.33 bits per heavy atom. The van der Waals surface area contributed by atoms with Crippen LogP contribution in [-0.4, -0.2) is 87.4 Å². The maximum absolute atomic E-state index is 12.8. The van der Waals surface area contributed by atoms with E-state index in [0.29, 0.717) is 23.9 Å². The van der Waals surface area contributed by atoms with Gasteiger partial charge < -0.3 is 28.5 Å². The summed E-state index contributed by atoms with van der Waals surface area (Å²) in [4.78, 5) is 37.3. The molecule has 0 amide bonds. The first-order valence-electron chi connectivity index (χ1n) is 25.6. The van der Waals surface area contributed by atoms with Gasteiger partial charge in [-0.25, -0.2) is 4.79 Å². The standard InChI is InChI=1S/C57H93NO8/c1-6-8-10-12-14-16-18-20-22-24-26-27-28-29-30-32-34-36-38-40-42-44-46-48-55(60)66-53(52-65-57(56(61)62)63-50-49-58(3,4)5)51-64-54(59)47-45-43-41-39-37-35-33-31-25-23-21-19-17-15-13-11-9-7-2/h8,10,14,16-17,19-20,22-23,25-27,29-30,34,36,40,42,53,57H,6-7,9,11-13,15,18,21,24,28,31-33,35,37-39,41,43-52H2,1-5H3/p+1/b10-8-,16-14-,19-17-,22-20-,25-23-,27-26-,30-29-,36-34-,42-40-. The lowest BCUT2D eigenvalue weighted by Gasteiger charge is -2.25. The summed E-state index contributed by atoms with van der Waals surface area (Å²) in [7, 11) is 5.93. The second-order valence-electron chi connectivity index (χ2n) is 17.7. The molecule has 2 unspecified atom stereocenters. The summed E-state index contributed by atoms with van der Waals surface area (Å²) in [5, 5.41) is 9.67. The molecule has 9 heteroatoms. The summed E-state index contributed by atoms with van der Waals surface area (Å²) in [5.41, 5.74) is 0. The molecular formula is C57H94NO8+. The Kier molecular flexibility index (Phi) is 44.5. The number of carboxylic acid groups (broad SMARTS) is 1. The summed E-state index contributed by atoms with van der Waals surface area (Å²) in [6.45, 7) is 4.64. The van der Waals surface area contributed by atoms with Gasteiger partial charge in [0, 0.05) is 12.8 Å². The molecule has 9 nitrogen and oxygen atoms in total. The third-order valence-corrected chi connectivity index (χ3v) is 10.3. The predicted octanol–water partition coefficient (Wildman–Crippen LogP) is 14.4. The summed E-state index contributed by atoms with van der Waals surface area (Å²) in [6.07, 6.45) is 61.6. The summed E-state index contributed by atoms with van der Waals surface area (Å²) < 4.78 is 22.7. The highest BCUT2D eigenvalue weighted by Gasteiger charge is 2.25. The Hall–Kier alpha value is -4.05. The monoisotopic (exact) mass is 921 g/mol. The molecule has 0 rings (SSSR count). The molecule has 0 aliphatic carbocycles. The zero-order valence-electron chi connectivity index (χ0n) is 42.3. The van der Waals surface area contributed by atoms with Crippen molar-refractivity contribution in [1.29, 1.82) is 0 Å². The molecule has 0 aromatic heterocycles. The number of allylic oxidation sites excluding steroid dienone is 18. The Balaban J connectivity index is 4.51. The third kappa shape index (κ3) is 47.9. The largest absolute Gasteiger partial charge is 0.477 e. The molecule has 0 aromatic carbocycles. The number of aliphatic carboxylic acids is 1. The smallest absolute Gasteiger partial charge is 0.361 e. The molecule has 0 saturated heterocycles. The van der Waals surface area contributed by atoms with Crippen LogP contribution >= 0.6 is 0 Å². The van der Waals surface area contributed by atoms with E-state index in [4.69, 9.17) is 18.9 Å². The van der Waals surface area contributed by atoms with Crippen LogP contribution in [0.5, 0.6) is 0 Å². The molecule has 0 heterocycles. The van der Waals surface area contributed by atoms with Crippen molar-refractivity contribution in [2.24, 2.45) is 0 Å². The van der Waals surface area contributed by atoms with Crippen LogP contribution in [0.25, 0.3) is 0 Å². The summed E-state index contributed by atoms with van der Waals surface area (Å²) >= 11 is 0. The highest BCUT2D eigenvalue weighted by atomic mass is 16.7. The zero-order chi connectivity index (χ0) is 48.4. The van der Waals surface area contributed by atoms with Crippen LogP contribution in [0.1, 0.15) is 174 Å². The maximum atomic E-state index is 12.8. The van der Waals surface area contributed by atoms with Crippen LogP contribution in [0.2, 0.25) is 0 Å². The number of ether oxygens (including phenoxy) is 4. The SMILES string of the molecule is CC/C=C\C/C=C\C/C=C\C/C=C\C/C=C\C/C=C\C/C=C\CCCC(=O)OC(COC(=O)CCCCCCCCC/C=C\C/C=C\CCCCCC)COC(OCC[N+](C)(C)C)C(=O)O. The van der Waals surface area contributed by atoms with Crippen molar-refractivity contribution in [3.05, 3.63) is 109 Å². The fraction of sp³-hybridized carbons (Fsp3) is 0.632. The predicted molar refractivity (Wildman–Crippen MR) is 276 cm³/mol. The molecule has 2 atom stereocenters. The Morgan fingerprint density at radius 2 is 0.879 bits per heavy atom. The van der Waals surface area contributed by atoms with Gasteiger partial charge in [0.1, 0.15) is 13.2 Å². The van der Waals surface area contributed by atoms with Crippen molar-refractivity contribution in [3.8, 4) is 0 Å². The fourth-order valence-electron chi connectivity index (χ4n) is 6.32. The van der Waals surface area contributed by atoms with E-state index < -0.39 is 24.3 Å². The van der Waals surface area contributed by atoms with Crippen LogP contribution < -0.4 is 0 Å². The first-order chi connectivity index (χ1) is 32.1. The lowest BCUT2D eigenvalue weighted by Crippen LogP contribution is -2.40. The highest BCUT2D eigenvalue weighted by Crippen LogP contribution is 2.12. The first kappa shape index (κ1) is 62.0. The van der Waals surface area contributed by atoms with Crippen molar-refractivity contribution >= 4 is 17.9 Å². The molecule has 0 radical (unpaired) electrons. The lowest BCUT2D eigenvalue weighted by molar-refractivity contribution is -0.870. The number of quaternary nitrogens is 1. The van der Waals surface area contributed by atoms with Crippen LogP contribution in [0.4, 0.5) is 0 Å². The van der Waals surface area contributed by atoms with E-state index in [-0.39, 0.29) is 38.6 Å². The van der Waals surface area contributed by atoms with E-state index in [0.717, 1.165) is 83.5 Å². The molecule has 374 valence electrons. The third-order valence-electron chi connectivity index (χ3n) is 10.3. The molecule has 0 aliphatic rings. The van der Waals surface area contributed by atoms with E-state index in [1.54, 1.807) is 0 Å². The summed E-state index contributed by atoms with van der Waals surface area (Å²) in [5.74, 6) is -2.11. The Bertz CT molecular complexity index is 1440. The number of carbonyl (C=O) groups is 3. The summed E-state index contributed by atoms with van der Waals surface area (Å²) in [6, 6.07) is 0. The van der Waals surface area contributed by atoms with E-state index in [1.807, 2.05) is 21.1 Å². The molecular weight excluding hydrogens is 827 g/mol. The number of nitrogens with zero attached hydrogens (tertiary/aromatic N) is 1. The topological polar surface area (TPSA) is 108 Å². The molecule has 1 N–H and O–H groups in total. The molecule has 0 saturated carbocycles.